The number of fused-ring (bicyclic) bond motifs is 1. The minimum atomic E-state index is -1.54. The zero-order valence-corrected chi connectivity index (χ0v) is 18.0. The van der Waals surface area contributed by atoms with Crippen LogP contribution in [0.15, 0.2) is 24.4 Å². The fourth-order valence-corrected chi connectivity index (χ4v) is 4.07. The molecule has 1 aromatic carbocycles. The topological polar surface area (TPSA) is 161 Å². The molecule has 0 aliphatic carbocycles. The van der Waals surface area contributed by atoms with Crippen LogP contribution in [0.3, 0.4) is 0 Å². The average molecular weight is 450 g/mol. The van der Waals surface area contributed by atoms with Gasteiger partial charge in [-0.1, -0.05) is 25.0 Å². The number of hydrogen-bond acceptors (Lipinski definition) is 7. The Balaban J connectivity index is 1.95. The second-order valence-electron chi connectivity index (χ2n) is 8.23. The molecule has 1 aromatic heterocycles. The van der Waals surface area contributed by atoms with Gasteiger partial charge in [-0.3, -0.25) is 4.79 Å². The van der Waals surface area contributed by atoms with E-state index in [1.807, 2.05) is 26.0 Å². The number of carbonyl (C=O) groups is 2. The summed E-state index contributed by atoms with van der Waals surface area (Å²) in [6, 6.07) is 4.51. The predicted molar refractivity (Wildman–Crippen MR) is 114 cm³/mol. The maximum absolute atomic E-state index is 12.6. The number of amides is 1. The Labute approximate surface area is 185 Å². The van der Waals surface area contributed by atoms with Crippen LogP contribution in [0.2, 0.25) is 0 Å². The van der Waals surface area contributed by atoms with Gasteiger partial charge in [0.15, 0.2) is 6.23 Å². The highest BCUT2D eigenvalue weighted by Gasteiger charge is 2.44. The van der Waals surface area contributed by atoms with Crippen molar-refractivity contribution in [2.45, 2.75) is 69.8 Å². The fourth-order valence-electron chi connectivity index (χ4n) is 4.07. The van der Waals surface area contributed by atoms with Crippen molar-refractivity contribution in [2.75, 3.05) is 6.61 Å². The number of carbonyl (C=O) groups excluding carboxylic acids is 1. The van der Waals surface area contributed by atoms with Gasteiger partial charge in [0.2, 0.25) is 5.91 Å². The van der Waals surface area contributed by atoms with Crippen molar-refractivity contribution in [3.8, 4) is 0 Å². The quantitative estimate of drug-likeness (QED) is 0.323. The van der Waals surface area contributed by atoms with Gasteiger partial charge in [0, 0.05) is 11.6 Å². The summed E-state index contributed by atoms with van der Waals surface area (Å²) in [5.41, 5.74) is 2.13. The molecule has 0 saturated carbocycles. The van der Waals surface area contributed by atoms with Crippen molar-refractivity contribution >= 4 is 22.8 Å². The molecular formula is C22H30N2O8. The van der Waals surface area contributed by atoms with Crippen molar-refractivity contribution in [1.29, 1.82) is 0 Å². The number of carboxylic acid groups (broad SMARTS) is 1. The number of ether oxygens (including phenoxy) is 1. The number of aryl methyl sites for hydroxylation is 1. The van der Waals surface area contributed by atoms with Crippen LogP contribution >= 0.6 is 0 Å². The highest BCUT2D eigenvalue weighted by atomic mass is 16.6. The smallest absolute Gasteiger partial charge is 0.326 e. The fraction of sp³-hybridized carbons (Fsp3) is 0.545. The molecule has 0 unspecified atom stereocenters. The molecule has 1 aliphatic heterocycles. The Morgan fingerprint density at radius 1 is 1.19 bits per heavy atom. The molecule has 176 valence electrons. The van der Waals surface area contributed by atoms with E-state index < -0.39 is 55.2 Å². The van der Waals surface area contributed by atoms with E-state index in [9.17, 15) is 35.1 Å². The van der Waals surface area contributed by atoms with E-state index in [1.165, 1.54) is 0 Å². The summed E-state index contributed by atoms with van der Waals surface area (Å²) in [4.78, 5) is 24.0. The number of aromatic nitrogens is 1. The normalized spacial score (nSPS) is 26.8. The molecule has 0 radical (unpaired) electrons. The molecule has 2 heterocycles. The van der Waals surface area contributed by atoms with Crippen molar-refractivity contribution < 1.29 is 39.9 Å². The van der Waals surface area contributed by atoms with Crippen molar-refractivity contribution in [3.05, 3.63) is 35.5 Å². The summed E-state index contributed by atoms with van der Waals surface area (Å²) in [5.74, 6) is -1.56. The minimum absolute atomic E-state index is 0.0993. The predicted octanol–water partition coefficient (Wildman–Crippen LogP) is -0.166. The molecule has 0 bridgehead atoms. The third kappa shape index (κ3) is 4.79. The largest absolute Gasteiger partial charge is 0.480 e. The first-order valence-electron chi connectivity index (χ1n) is 10.6. The van der Waals surface area contributed by atoms with E-state index in [-0.39, 0.29) is 6.42 Å². The standard InChI is InChI=1S/C22H30N2O8/c1-3-4-14(22(30)31)23-17(26)8-12-9-24(15-6-5-11(2)7-13(12)15)21-20(29)19(28)18(27)16(10-25)32-21/h5-7,9,14,16,18-21,25,27-29H,3-4,8,10H2,1-2H3,(H,23,26)(H,30,31)/t14-,16-,18-,19+,20-,21-/m1/s1. The maximum Gasteiger partial charge on any atom is 0.326 e. The number of nitrogens with zero attached hydrogens (tertiary/aromatic N) is 1. The Hall–Kier alpha value is -2.50. The lowest BCUT2D eigenvalue weighted by Crippen LogP contribution is -2.56. The highest BCUT2D eigenvalue weighted by Crippen LogP contribution is 2.33. The number of aliphatic hydroxyl groups is 4. The van der Waals surface area contributed by atoms with Crippen LogP contribution in [0.4, 0.5) is 0 Å². The second kappa shape index (κ2) is 9.97. The van der Waals surface area contributed by atoms with E-state index in [0.717, 1.165) is 5.56 Å². The van der Waals surface area contributed by atoms with Gasteiger partial charge in [-0.25, -0.2) is 4.79 Å². The van der Waals surface area contributed by atoms with Crippen LogP contribution in [0.25, 0.3) is 10.9 Å². The first-order chi connectivity index (χ1) is 15.2. The van der Waals surface area contributed by atoms with Crippen LogP contribution in [-0.4, -0.2) is 79.0 Å². The van der Waals surface area contributed by atoms with Gasteiger partial charge in [-0.15, -0.1) is 0 Å². The van der Waals surface area contributed by atoms with E-state index in [2.05, 4.69) is 5.32 Å². The molecular weight excluding hydrogens is 420 g/mol. The molecule has 3 rings (SSSR count). The molecule has 1 saturated heterocycles. The van der Waals surface area contributed by atoms with E-state index >= 15 is 0 Å². The first-order valence-corrected chi connectivity index (χ1v) is 10.6. The van der Waals surface area contributed by atoms with Gasteiger partial charge < -0.3 is 40.2 Å². The minimum Gasteiger partial charge on any atom is -0.480 e. The zero-order chi connectivity index (χ0) is 23.6. The van der Waals surface area contributed by atoms with Crippen LogP contribution in [0.1, 0.15) is 37.1 Å². The lowest BCUT2D eigenvalue weighted by molar-refractivity contribution is -0.250. The summed E-state index contributed by atoms with van der Waals surface area (Å²) in [7, 11) is 0. The number of rotatable bonds is 8. The first kappa shape index (κ1) is 24.1. The Morgan fingerprint density at radius 2 is 1.91 bits per heavy atom. The lowest BCUT2D eigenvalue weighted by atomic mass is 9.98. The number of carboxylic acids is 1. The molecule has 0 spiro atoms. The highest BCUT2D eigenvalue weighted by molar-refractivity contribution is 5.91. The Bertz CT molecular complexity index is 972. The summed E-state index contributed by atoms with van der Waals surface area (Å²) >= 11 is 0. The summed E-state index contributed by atoms with van der Waals surface area (Å²) < 4.78 is 7.23. The van der Waals surface area contributed by atoms with Crippen LogP contribution in [0.5, 0.6) is 0 Å². The van der Waals surface area contributed by atoms with Crippen LogP contribution in [-0.2, 0) is 20.7 Å². The SMILES string of the molecule is CCC[C@@H](NC(=O)Cc1cn([C@@H]2O[C@H](CO)[C@@H](O)[C@H](O)[C@H]2O)c2ccc(C)cc12)C(=O)O. The van der Waals surface area contributed by atoms with Gasteiger partial charge >= 0.3 is 5.97 Å². The Kier molecular flexibility index (Phi) is 7.52. The van der Waals surface area contributed by atoms with Crippen molar-refractivity contribution in [3.63, 3.8) is 0 Å². The number of hydrogen-bond donors (Lipinski definition) is 6. The third-order valence-electron chi connectivity index (χ3n) is 5.77. The molecule has 10 nitrogen and oxygen atoms in total. The third-order valence-corrected chi connectivity index (χ3v) is 5.77. The average Bonchev–Trinajstić information content (AvgIpc) is 3.09. The number of aliphatic hydroxyl groups excluding tert-OH is 4. The van der Waals surface area contributed by atoms with Gasteiger partial charge in [-0.05, 0) is 31.0 Å². The monoisotopic (exact) mass is 450 g/mol. The van der Waals surface area contributed by atoms with Crippen molar-refractivity contribution in [2.24, 2.45) is 0 Å². The summed E-state index contributed by atoms with van der Waals surface area (Å²) in [5, 5.41) is 52.8. The molecule has 1 amide bonds. The second-order valence-corrected chi connectivity index (χ2v) is 8.23. The van der Waals surface area contributed by atoms with E-state index in [4.69, 9.17) is 4.74 Å². The number of benzene rings is 1. The molecule has 10 heteroatoms. The Morgan fingerprint density at radius 3 is 2.53 bits per heavy atom. The lowest BCUT2D eigenvalue weighted by Gasteiger charge is -2.40. The molecule has 2 aromatic rings. The maximum atomic E-state index is 12.6. The summed E-state index contributed by atoms with van der Waals surface area (Å²) in [6.07, 6.45) is -4.26. The van der Waals surface area contributed by atoms with Crippen LogP contribution < -0.4 is 5.32 Å². The van der Waals surface area contributed by atoms with Crippen molar-refractivity contribution in [1.82, 2.24) is 9.88 Å². The molecule has 1 fully saturated rings. The molecule has 32 heavy (non-hydrogen) atoms. The number of aliphatic carboxylic acids is 1. The van der Waals surface area contributed by atoms with Gasteiger partial charge in [-0.2, -0.15) is 0 Å². The van der Waals surface area contributed by atoms with Gasteiger partial charge in [0.1, 0.15) is 30.5 Å². The zero-order valence-electron chi connectivity index (χ0n) is 18.0. The number of nitrogens with one attached hydrogen (secondary N) is 1. The molecule has 6 N–H and O–H groups in total. The summed E-state index contributed by atoms with van der Waals surface area (Å²) in [6.45, 7) is 3.16. The van der Waals surface area contributed by atoms with Gasteiger partial charge in [0.25, 0.3) is 0 Å². The van der Waals surface area contributed by atoms with E-state index in [0.29, 0.717) is 29.3 Å². The van der Waals surface area contributed by atoms with Crippen LogP contribution in [0, 0.1) is 6.92 Å². The van der Waals surface area contributed by atoms with E-state index in [1.54, 1.807) is 16.8 Å². The van der Waals surface area contributed by atoms with Gasteiger partial charge in [0.05, 0.1) is 18.5 Å². The molecule has 1 aliphatic rings. The molecule has 6 atom stereocenters.